The van der Waals surface area contributed by atoms with Crippen molar-refractivity contribution in [2.24, 2.45) is 0 Å². The first kappa shape index (κ1) is 15.3. The summed E-state index contributed by atoms with van der Waals surface area (Å²) >= 11 is 0. The van der Waals surface area contributed by atoms with E-state index in [4.69, 9.17) is 9.15 Å². The van der Waals surface area contributed by atoms with Crippen molar-refractivity contribution in [2.75, 3.05) is 7.11 Å². The van der Waals surface area contributed by atoms with Gasteiger partial charge in [0.15, 0.2) is 11.3 Å². The fraction of sp³-hybridized carbons (Fsp3) is 0.0435. The van der Waals surface area contributed by atoms with E-state index < -0.39 is 0 Å². The molecule has 0 aliphatic heterocycles. The lowest BCUT2D eigenvalue weighted by Gasteiger charge is -2.02. The summed E-state index contributed by atoms with van der Waals surface area (Å²) in [6, 6.07) is 26.5. The Balaban J connectivity index is 1.82. The maximum Gasteiger partial charge on any atom is 0.177 e. The van der Waals surface area contributed by atoms with E-state index in [1.807, 2.05) is 54.6 Å². The summed E-state index contributed by atoms with van der Waals surface area (Å²) in [5, 5.41) is 1.05. The zero-order valence-electron chi connectivity index (χ0n) is 14.0. The maximum atomic E-state index is 6.11. The van der Waals surface area contributed by atoms with Gasteiger partial charge in [0, 0.05) is 10.9 Å². The van der Waals surface area contributed by atoms with Crippen LogP contribution in [0.2, 0.25) is 0 Å². The average molecular weight is 326 g/mol. The van der Waals surface area contributed by atoms with E-state index in [1.54, 1.807) is 7.11 Å². The van der Waals surface area contributed by atoms with Crippen LogP contribution >= 0.6 is 0 Å². The van der Waals surface area contributed by atoms with Crippen LogP contribution in [0, 0.1) is 0 Å². The lowest BCUT2D eigenvalue weighted by atomic mass is 10.1. The molecule has 0 aliphatic rings. The van der Waals surface area contributed by atoms with Gasteiger partial charge in [0.25, 0.3) is 0 Å². The minimum Gasteiger partial charge on any atom is -0.493 e. The molecule has 4 rings (SSSR count). The van der Waals surface area contributed by atoms with E-state index in [2.05, 4.69) is 36.4 Å². The van der Waals surface area contributed by atoms with Crippen molar-refractivity contribution in [3.8, 4) is 17.1 Å². The summed E-state index contributed by atoms with van der Waals surface area (Å²) in [6.07, 6.45) is 4.22. The number of ether oxygens (including phenoxy) is 1. The maximum absolute atomic E-state index is 6.11. The normalized spacial score (nSPS) is 11.2. The summed E-state index contributed by atoms with van der Waals surface area (Å²) < 4.78 is 11.6. The number of hydrogen-bond acceptors (Lipinski definition) is 2. The van der Waals surface area contributed by atoms with Gasteiger partial charge in [-0.25, -0.2) is 0 Å². The highest BCUT2D eigenvalue weighted by molar-refractivity contribution is 5.95. The SMILES string of the molecule is COc1ccc(/C=C/c2ccccc2)c2cc(-c3ccccc3)oc12. The van der Waals surface area contributed by atoms with Crippen LogP contribution in [0.15, 0.2) is 83.3 Å². The van der Waals surface area contributed by atoms with Gasteiger partial charge in [0.1, 0.15) is 5.76 Å². The van der Waals surface area contributed by atoms with E-state index in [1.165, 1.54) is 5.56 Å². The first-order valence-corrected chi connectivity index (χ1v) is 8.24. The van der Waals surface area contributed by atoms with E-state index in [0.29, 0.717) is 0 Å². The van der Waals surface area contributed by atoms with Gasteiger partial charge < -0.3 is 9.15 Å². The van der Waals surface area contributed by atoms with Crippen LogP contribution < -0.4 is 4.74 Å². The molecule has 0 saturated heterocycles. The van der Waals surface area contributed by atoms with Crippen LogP contribution in [0.25, 0.3) is 34.4 Å². The van der Waals surface area contributed by atoms with E-state index in [-0.39, 0.29) is 0 Å². The second kappa shape index (κ2) is 6.70. The number of benzene rings is 3. The summed E-state index contributed by atoms with van der Waals surface area (Å²) in [5.74, 6) is 1.59. The van der Waals surface area contributed by atoms with Crippen LogP contribution in [-0.2, 0) is 0 Å². The molecule has 0 amide bonds. The molecule has 25 heavy (non-hydrogen) atoms. The topological polar surface area (TPSA) is 22.4 Å². The van der Waals surface area contributed by atoms with Gasteiger partial charge in [-0.3, -0.25) is 0 Å². The van der Waals surface area contributed by atoms with E-state index in [9.17, 15) is 0 Å². The lowest BCUT2D eigenvalue weighted by Crippen LogP contribution is -1.84. The van der Waals surface area contributed by atoms with Gasteiger partial charge in [-0.2, -0.15) is 0 Å². The Morgan fingerprint density at radius 2 is 1.52 bits per heavy atom. The second-order valence-corrected chi connectivity index (χ2v) is 5.82. The molecule has 4 aromatic rings. The molecule has 0 atom stereocenters. The highest BCUT2D eigenvalue weighted by atomic mass is 16.5. The van der Waals surface area contributed by atoms with Crippen molar-refractivity contribution < 1.29 is 9.15 Å². The number of hydrogen-bond donors (Lipinski definition) is 0. The average Bonchev–Trinajstić information content (AvgIpc) is 3.13. The van der Waals surface area contributed by atoms with Gasteiger partial charge in [0.2, 0.25) is 0 Å². The largest absolute Gasteiger partial charge is 0.493 e. The molecule has 0 bridgehead atoms. The van der Waals surface area contributed by atoms with E-state index in [0.717, 1.165) is 33.6 Å². The highest BCUT2D eigenvalue weighted by Crippen LogP contribution is 2.36. The molecule has 0 spiro atoms. The summed E-state index contributed by atoms with van der Waals surface area (Å²) in [6.45, 7) is 0. The van der Waals surface area contributed by atoms with Crippen LogP contribution in [0.4, 0.5) is 0 Å². The number of rotatable bonds is 4. The Morgan fingerprint density at radius 1 is 0.800 bits per heavy atom. The van der Waals surface area contributed by atoms with Gasteiger partial charge in [-0.1, -0.05) is 78.9 Å². The van der Waals surface area contributed by atoms with Crippen molar-refractivity contribution in [3.05, 3.63) is 90.0 Å². The monoisotopic (exact) mass is 326 g/mol. The Hall–Kier alpha value is -3.26. The number of fused-ring (bicyclic) bond motifs is 1. The molecule has 0 saturated carbocycles. The van der Waals surface area contributed by atoms with Crippen molar-refractivity contribution in [2.45, 2.75) is 0 Å². The molecule has 0 aliphatic carbocycles. The Bertz CT molecular complexity index is 1010. The quantitative estimate of drug-likeness (QED) is 0.412. The van der Waals surface area contributed by atoms with Gasteiger partial charge in [0.05, 0.1) is 7.11 Å². The van der Waals surface area contributed by atoms with Crippen LogP contribution in [-0.4, -0.2) is 7.11 Å². The summed E-state index contributed by atoms with van der Waals surface area (Å²) in [5.41, 5.74) is 4.10. The van der Waals surface area contributed by atoms with Gasteiger partial charge >= 0.3 is 0 Å². The molecule has 3 aromatic carbocycles. The standard InChI is InChI=1S/C23H18O2/c1-24-21-15-14-18(13-12-17-8-4-2-5-9-17)20-16-22(25-23(20)21)19-10-6-3-7-11-19/h2-16H,1H3/b13-12+. The highest BCUT2D eigenvalue weighted by Gasteiger charge is 2.13. The first-order valence-electron chi connectivity index (χ1n) is 8.24. The molecule has 2 heteroatoms. The number of furan rings is 1. The van der Waals surface area contributed by atoms with Crippen molar-refractivity contribution in [1.29, 1.82) is 0 Å². The van der Waals surface area contributed by atoms with E-state index >= 15 is 0 Å². The third-order valence-electron chi connectivity index (χ3n) is 4.21. The van der Waals surface area contributed by atoms with Gasteiger partial charge in [-0.05, 0) is 23.3 Å². The Kier molecular flexibility index (Phi) is 4.09. The molecule has 0 unspecified atom stereocenters. The molecule has 0 fully saturated rings. The first-order chi connectivity index (χ1) is 12.3. The predicted molar refractivity (Wildman–Crippen MR) is 104 cm³/mol. The zero-order valence-corrected chi connectivity index (χ0v) is 14.0. The molecular weight excluding hydrogens is 308 g/mol. The fourth-order valence-corrected chi connectivity index (χ4v) is 2.92. The predicted octanol–water partition coefficient (Wildman–Crippen LogP) is 6.28. The third kappa shape index (κ3) is 3.07. The van der Waals surface area contributed by atoms with Crippen molar-refractivity contribution >= 4 is 23.1 Å². The molecule has 122 valence electrons. The molecule has 1 heterocycles. The van der Waals surface area contributed by atoms with Crippen LogP contribution in [0.1, 0.15) is 11.1 Å². The Morgan fingerprint density at radius 3 is 2.24 bits per heavy atom. The van der Waals surface area contributed by atoms with Crippen molar-refractivity contribution in [3.63, 3.8) is 0 Å². The minimum absolute atomic E-state index is 0.744. The van der Waals surface area contributed by atoms with Crippen molar-refractivity contribution in [1.82, 2.24) is 0 Å². The smallest absolute Gasteiger partial charge is 0.177 e. The number of methoxy groups -OCH3 is 1. The Labute approximate surface area is 147 Å². The molecule has 2 nitrogen and oxygen atoms in total. The molecule has 0 N–H and O–H groups in total. The lowest BCUT2D eigenvalue weighted by molar-refractivity contribution is 0.411. The summed E-state index contributed by atoms with van der Waals surface area (Å²) in [7, 11) is 1.67. The second-order valence-electron chi connectivity index (χ2n) is 5.82. The van der Waals surface area contributed by atoms with Crippen LogP contribution in [0.5, 0.6) is 5.75 Å². The molecule has 0 radical (unpaired) electrons. The molecular formula is C23H18O2. The zero-order chi connectivity index (χ0) is 17.1. The summed E-state index contributed by atoms with van der Waals surface area (Å²) in [4.78, 5) is 0. The molecule has 1 aromatic heterocycles. The minimum atomic E-state index is 0.744. The van der Waals surface area contributed by atoms with Gasteiger partial charge in [-0.15, -0.1) is 0 Å². The van der Waals surface area contributed by atoms with Crippen LogP contribution in [0.3, 0.4) is 0 Å². The fourth-order valence-electron chi connectivity index (χ4n) is 2.92. The third-order valence-corrected chi connectivity index (χ3v) is 4.21.